The molecule has 3 aromatic rings. The molecule has 1 aliphatic rings. The number of carbonyl (C=O) groups excluding carboxylic acids is 1. The molecule has 28 heavy (non-hydrogen) atoms. The van der Waals surface area contributed by atoms with Gasteiger partial charge >= 0.3 is 0 Å². The van der Waals surface area contributed by atoms with Crippen LogP contribution in [-0.4, -0.2) is 24.6 Å². The van der Waals surface area contributed by atoms with Gasteiger partial charge in [0.05, 0.1) is 19.4 Å². The van der Waals surface area contributed by atoms with E-state index in [9.17, 15) is 9.18 Å². The highest BCUT2D eigenvalue weighted by atomic mass is 32.1. The highest BCUT2D eigenvalue weighted by Crippen LogP contribution is 2.32. The van der Waals surface area contributed by atoms with Gasteiger partial charge in [-0.05, 0) is 47.9 Å². The highest BCUT2D eigenvalue weighted by Gasteiger charge is 2.14. The van der Waals surface area contributed by atoms with Crippen molar-refractivity contribution in [3.05, 3.63) is 58.7 Å². The SMILES string of the molecule is COc1ccc(CCC(=O)Nc2nc(-c3ccc4c(c3)CCO4)cs2)cc1F. The minimum absolute atomic E-state index is 0.153. The number of rotatable bonds is 6. The molecule has 1 amide bonds. The number of anilines is 1. The lowest BCUT2D eigenvalue weighted by Gasteiger charge is -2.05. The molecule has 0 atom stereocenters. The van der Waals surface area contributed by atoms with E-state index < -0.39 is 5.82 Å². The molecular formula is C21H19FN2O3S. The Labute approximate surface area is 166 Å². The number of fused-ring (bicyclic) bond motifs is 1. The van der Waals surface area contributed by atoms with Crippen LogP contribution in [0.3, 0.4) is 0 Å². The van der Waals surface area contributed by atoms with Gasteiger partial charge in [-0.25, -0.2) is 9.37 Å². The molecule has 2 aromatic carbocycles. The number of methoxy groups -OCH3 is 1. The number of nitrogens with zero attached hydrogens (tertiary/aromatic N) is 1. The van der Waals surface area contributed by atoms with Gasteiger partial charge in [-0.2, -0.15) is 0 Å². The summed E-state index contributed by atoms with van der Waals surface area (Å²) in [4.78, 5) is 16.7. The monoisotopic (exact) mass is 398 g/mol. The van der Waals surface area contributed by atoms with Crippen molar-refractivity contribution in [2.75, 3.05) is 19.0 Å². The quantitative estimate of drug-likeness (QED) is 0.666. The van der Waals surface area contributed by atoms with E-state index in [0.29, 0.717) is 11.6 Å². The molecule has 144 valence electrons. The molecule has 1 aliphatic heterocycles. The van der Waals surface area contributed by atoms with Gasteiger partial charge < -0.3 is 14.8 Å². The largest absolute Gasteiger partial charge is 0.494 e. The summed E-state index contributed by atoms with van der Waals surface area (Å²) in [6.45, 7) is 0.718. The van der Waals surface area contributed by atoms with Crippen LogP contribution in [0, 0.1) is 5.82 Å². The van der Waals surface area contributed by atoms with Crippen molar-refractivity contribution in [2.24, 2.45) is 0 Å². The highest BCUT2D eigenvalue weighted by molar-refractivity contribution is 7.14. The number of amides is 1. The van der Waals surface area contributed by atoms with E-state index in [1.54, 1.807) is 12.1 Å². The first-order chi connectivity index (χ1) is 13.6. The van der Waals surface area contributed by atoms with Crippen molar-refractivity contribution in [2.45, 2.75) is 19.3 Å². The number of nitrogens with one attached hydrogen (secondary N) is 1. The van der Waals surface area contributed by atoms with E-state index in [-0.39, 0.29) is 18.1 Å². The standard InChI is InChI=1S/C21H19FN2O3S/c1-26-19-5-2-13(10-16(19)22)3-7-20(25)24-21-23-17(12-28-21)14-4-6-18-15(11-14)8-9-27-18/h2,4-6,10-12H,3,7-9H2,1H3,(H,23,24,25). The third kappa shape index (κ3) is 3.99. The van der Waals surface area contributed by atoms with Crippen LogP contribution in [0.15, 0.2) is 41.8 Å². The summed E-state index contributed by atoms with van der Waals surface area (Å²) in [7, 11) is 1.42. The molecule has 7 heteroatoms. The normalized spacial score (nSPS) is 12.4. The van der Waals surface area contributed by atoms with Crippen LogP contribution in [-0.2, 0) is 17.6 Å². The van der Waals surface area contributed by atoms with Gasteiger partial charge in [0.1, 0.15) is 5.75 Å². The smallest absolute Gasteiger partial charge is 0.226 e. The fourth-order valence-electron chi connectivity index (χ4n) is 3.11. The summed E-state index contributed by atoms with van der Waals surface area (Å²) in [5.74, 6) is 0.549. The molecule has 0 aliphatic carbocycles. The summed E-state index contributed by atoms with van der Waals surface area (Å²) in [5, 5.41) is 5.29. The van der Waals surface area contributed by atoms with Crippen LogP contribution < -0.4 is 14.8 Å². The van der Waals surface area contributed by atoms with Gasteiger partial charge in [0.2, 0.25) is 5.91 Å². The number of ether oxygens (including phenoxy) is 2. The molecule has 4 rings (SSSR count). The Morgan fingerprint density at radius 2 is 2.21 bits per heavy atom. The van der Waals surface area contributed by atoms with Gasteiger partial charge in [0.15, 0.2) is 16.7 Å². The van der Waals surface area contributed by atoms with Gasteiger partial charge in [0, 0.05) is 23.8 Å². The predicted molar refractivity (Wildman–Crippen MR) is 107 cm³/mol. The average molecular weight is 398 g/mol. The minimum Gasteiger partial charge on any atom is -0.494 e. The Bertz CT molecular complexity index is 1020. The van der Waals surface area contributed by atoms with Crippen molar-refractivity contribution in [1.82, 2.24) is 4.98 Å². The second-order valence-corrected chi connectivity index (χ2v) is 7.33. The zero-order valence-electron chi connectivity index (χ0n) is 15.3. The Kier molecular flexibility index (Phi) is 5.25. The average Bonchev–Trinajstić information content (AvgIpc) is 3.35. The van der Waals surface area contributed by atoms with E-state index in [4.69, 9.17) is 9.47 Å². The second-order valence-electron chi connectivity index (χ2n) is 6.48. The van der Waals surface area contributed by atoms with Gasteiger partial charge in [-0.1, -0.05) is 6.07 Å². The zero-order chi connectivity index (χ0) is 19.5. The number of hydrogen-bond acceptors (Lipinski definition) is 5. The maximum Gasteiger partial charge on any atom is 0.226 e. The fraction of sp³-hybridized carbons (Fsp3) is 0.238. The maximum absolute atomic E-state index is 13.7. The molecule has 1 N–H and O–H groups in total. The second kappa shape index (κ2) is 7.98. The molecular weight excluding hydrogens is 379 g/mol. The third-order valence-electron chi connectivity index (χ3n) is 4.59. The number of hydrogen-bond donors (Lipinski definition) is 1. The minimum atomic E-state index is -0.426. The summed E-state index contributed by atoms with van der Waals surface area (Å²) >= 11 is 1.38. The van der Waals surface area contributed by atoms with E-state index >= 15 is 0 Å². The lowest BCUT2D eigenvalue weighted by atomic mass is 10.1. The van der Waals surface area contributed by atoms with Crippen LogP contribution in [0.2, 0.25) is 0 Å². The van der Waals surface area contributed by atoms with Crippen LogP contribution in [0.25, 0.3) is 11.3 Å². The molecule has 0 bridgehead atoms. The van der Waals surface area contributed by atoms with Gasteiger partial charge in [-0.15, -0.1) is 11.3 Å². The van der Waals surface area contributed by atoms with E-state index in [0.717, 1.165) is 35.6 Å². The molecule has 5 nitrogen and oxygen atoms in total. The third-order valence-corrected chi connectivity index (χ3v) is 5.35. The number of aryl methyl sites for hydroxylation is 1. The van der Waals surface area contributed by atoms with Gasteiger partial charge in [0.25, 0.3) is 0 Å². The molecule has 1 aromatic heterocycles. The topological polar surface area (TPSA) is 60.5 Å². The van der Waals surface area contributed by atoms with Crippen molar-refractivity contribution in [1.29, 1.82) is 0 Å². The van der Waals surface area contributed by atoms with E-state index in [1.165, 1.54) is 30.1 Å². The van der Waals surface area contributed by atoms with Crippen LogP contribution >= 0.6 is 11.3 Å². The zero-order valence-corrected chi connectivity index (χ0v) is 16.1. The number of halogens is 1. The number of thiazole rings is 1. The van der Waals surface area contributed by atoms with Gasteiger partial charge in [-0.3, -0.25) is 4.79 Å². The first kappa shape index (κ1) is 18.4. The summed E-state index contributed by atoms with van der Waals surface area (Å²) in [6.07, 6.45) is 1.59. The van der Waals surface area contributed by atoms with Crippen LogP contribution in [0.4, 0.5) is 9.52 Å². The molecule has 0 fully saturated rings. The Hall–Kier alpha value is -2.93. The van der Waals surface area contributed by atoms with Crippen molar-refractivity contribution in [3.63, 3.8) is 0 Å². The Morgan fingerprint density at radius 3 is 3.04 bits per heavy atom. The molecule has 0 saturated carbocycles. The Morgan fingerprint density at radius 1 is 1.32 bits per heavy atom. The van der Waals surface area contributed by atoms with Crippen molar-refractivity contribution >= 4 is 22.4 Å². The number of benzene rings is 2. The van der Waals surface area contributed by atoms with Crippen LogP contribution in [0.1, 0.15) is 17.5 Å². The maximum atomic E-state index is 13.7. The predicted octanol–water partition coefficient (Wildman–Crippen LogP) is 4.46. The first-order valence-corrected chi connectivity index (χ1v) is 9.84. The Balaban J connectivity index is 1.36. The van der Waals surface area contributed by atoms with Crippen molar-refractivity contribution in [3.8, 4) is 22.8 Å². The van der Waals surface area contributed by atoms with Crippen LogP contribution in [0.5, 0.6) is 11.5 Å². The lowest BCUT2D eigenvalue weighted by Crippen LogP contribution is -2.12. The number of aromatic nitrogens is 1. The van der Waals surface area contributed by atoms with E-state index in [1.807, 2.05) is 17.5 Å². The molecule has 0 saturated heterocycles. The summed E-state index contributed by atoms with van der Waals surface area (Å²) < 4.78 is 24.2. The lowest BCUT2D eigenvalue weighted by molar-refractivity contribution is -0.116. The fourth-order valence-corrected chi connectivity index (χ4v) is 3.85. The first-order valence-electron chi connectivity index (χ1n) is 8.96. The molecule has 0 spiro atoms. The van der Waals surface area contributed by atoms with Crippen molar-refractivity contribution < 1.29 is 18.7 Å². The molecule has 0 unspecified atom stereocenters. The summed E-state index contributed by atoms with van der Waals surface area (Å²) in [6, 6.07) is 10.7. The molecule has 2 heterocycles. The molecule has 0 radical (unpaired) electrons. The summed E-state index contributed by atoms with van der Waals surface area (Å²) in [5.41, 5.74) is 3.76. The van der Waals surface area contributed by atoms with E-state index in [2.05, 4.69) is 16.4 Å². The number of carbonyl (C=O) groups is 1.